The predicted octanol–water partition coefficient (Wildman–Crippen LogP) is 3.37. The Morgan fingerprint density at radius 2 is 1.84 bits per heavy atom. The van der Waals surface area contributed by atoms with Crippen molar-refractivity contribution in [1.29, 1.82) is 0 Å². The molecule has 2 N–H and O–H groups in total. The van der Waals surface area contributed by atoms with Crippen LogP contribution in [0.25, 0.3) is 0 Å². The molecule has 0 aliphatic carbocycles. The maximum absolute atomic E-state index is 11.7. The van der Waals surface area contributed by atoms with Crippen LogP contribution in [0.15, 0.2) is 24.3 Å². The molecule has 19 heavy (non-hydrogen) atoms. The Morgan fingerprint density at radius 1 is 1.26 bits per heavy atom. The van der Waals surface area contributed by atoms with Crippen molar-refractivity contribution < 1.29 is 4.79 Å². The number of aryl methyl sites for hydroxylation is 1. The molecular weight excluding hydrogens is 309 g/mol. The maximum Gasteiger partial charge on any atom is 0.318 e. The van der Waals surface area contributed by atoms with Gasteiger partial charge in [0, 0.05) is 19.8 Å². The number of benzene rings is 1. The molecule has 0 heterocycles. The highest BCUT2D eigenvalue weighted by atomic mass is 35.6. The highest BCUT2D eigenvalue weighted by Crippen LogP contribution is 2.31. The standard InChI is InChI=1S/C12H16Cl3N3O/c1-8-6-4-5-7-9(8)16-10(12(13,14)15)17-11(19)18(2)3/h4-7,10,16H,1-3H3,(H,17,19)/t10-/m1/s1. The number of anilines is 1. The quantitative estimate of drug-likeness (QED) is 0.661. The monoisotopic (exact) mass is 323 g/mol. The molecule has 0 aromatic heterocycles. The molecule has 0 radical (unpaired) electrons. The minimum Gasteiger partial charge on any atom is -0.362 e. The molecule has 7 heteroatoms. The van der Waals surface area contributed by atoms with Crippen molar-refractivity contribution in [2.24, 2.45) is 0 Å². The van der Waals surface area contributed by atoms with Crippen LogP contribution in [-0.2, 0) is 0 Å². The van der Waals surface area contributed by atoms with Gasteiger partial charge in [-0.15, -0.1) is 0 Å². The number of halogens is 3. The van der Waals surface area contributed by atoms with Gasteiger partial charge in [-0.3, -0.25) is 0 Å². The third-order valence-electron chi connectivity index (χ3n) is 2.45. The van der Waals surface area contributed by atoms with Gasteiger partial charge in [-0.25, -0.2) is 4.79 Å². The number of nitrogens with zero attached hydrogens (tertiary/aromatic N) is 1. The molecule has 1 atom stereocenters. The molecule has 4 nitrogen and oxygen atoms in total. The van der Waals surface area contributed by atoms with E-state index in [1.54, 1.807) is 14.1 Å². The van der Waals surface area contributed by atoms with Crippen LogP contribution in [0.4, 0.5) is 10.5 Å². The lowest BCUT2D eigenvalue weighted by Crippen LogP contribution is -2.52. The first-order valence-corrected chi connectivity index (χ1v) is 6.72. The Morgan fingerprint density at radius 3 is 2.32 bits per heavy atom. The van der Waals surface area contributed by atoms with Crippen molar-refractivity contribution in [3.8, 4) is 0 Å². The summed E-state index contributed by atoms with van der Waals surface area (Å²) in [6, 6.07) is 7.19. The first-order valence-electron chi connectivity index (χ1n) is 5.58. The van der Waals surface area contributed by atoms with Crippen LogP contribution in [0, 0.1) is 6.92 Å². The first-order chi connectivity index (χ1) is 8.71. The number of amides is 2. The van der Waals surface area contributed by atoms with Crippen molar-refractivity contribution in [3.05, 3.63) is 29.8 Å². The maximum atomic E-state index is 11.7. The van der Waals surface area contributed by atoms with E-state index >= 15 is 0 Å². The third-order valence-corrected chi connectivity index (χ3v) is 3.10. The van der Waals surface area contributed by atoms with E-state index in [0.717, 1.165) is 11.3 Å². The molecule has 1 rings (SSSR count). The number of rotatable bonds is 3. The van der Waals surface area contributed by atoms with E-state index in [2.05, 4.69) is 10.6 Å². The van der Waals surface area contributed by atoms with E-state index in [1.165, 1.54) is 4.90 Å². The lowest BCUT2D eigenvalue weighted by Gasteiger charge is -2.29. The molecule has 0 bridgehead atoms. The minimum absolute atomic E-state index is 0.350. The van der Waals surface area contributed by atoms with Gasteiger partial charge in [0.25, 0.3) is 0 Å². The van der Waals surface area contributed by atoms with Gasteiger partial charge in [0.2, 0.25) is 3.79 Å². The van der Waals surface area contributed by atoms with E-state index in [0.29, 0.717) is 0 Å². The second-order valence-electron chi connectivity index (χ2n) is 4.28. The summed E-state index contributed by atoms with van der Waals surface area (Å²) < 4.78 is -1.67. The topological polar surface area (TPSA) is 44.4 Å². The van der Waals surface area contributed by atoms with Crippen LogP contribution >= 0.6 is 34.8 Å². The van der Waals surface area contributed by atoms with Gasteiger partial charge in [0.1, 0.15) is 6.17 Å². The second kappa shape index (κ2) is 6.55. The Balaban J connectivity index is 2.88. The number of urea groups is 1. The van der Waals surface area contributed by atoms with Crippen LogP contribution in [0.1, 0.15) is 5.56 Å². The van der Waals surface area contributed by atoms with Crippen LogP contribution in [0.5, 0.6) is 0 Å². The zero-order valence-electron chi connectivity index (χ0n) is 10.9. The first kappa shape index (κ1) is 16.2. The van der Waals surface area contributed by atoms with Gasteiger partial charge < -0.3 is 15.5 Å². The fourth-order valence-corrected chi connectivity index (χ4v) is 1.67. The molecule has 1 aromatic rings. The summed E-state index contributed by atoms with van der Waals surface area (Å²) in [6.45, 7) is 1.92. The van der Waals surface area contributed by atoms with Crippen LogP contribution in [-0.4, -0.2) is 35.0 Å². The molecule has 0 aliphatic heterocycles. The summed E-state index contributed by atoms with van der Waals surface area (Å²) >= 11 is 17.7. The van der Waals surface area contributed by atoms with Crippen molar-refractivity contribution in [1.82, 2.24) is 10.2 Å². The van der Waals surface area contributed by atoms with Crippen molar-refractivity contribution >= 4 is 46.5 Å². The third kappa shape index (κ3) is 4.97. The van der Waals surface area contributed by atoms with Crippen molar-refractivity contribution in [2.45, 2.75) is 16.9 Å². The number of nitrogens with one attached hydrogen (secondary N) is 2. The number of alkyl halides is 3. The highest BCUT2D eigenvalue weighted by molar-refractivity contribution is 6.68. The van der Waals surface area contributed by atoms with Crippen LogP contribution in [0.3, 0.4) is 0 Å². The average molecular weight is 325 g/mol. The molecule has 1 aromatic carbocycles. The summed E-state index contributed by atoms with van der Waals surface area (Å²) in [5.41, 5.74) is 1.78. The van der Waals surface area contributed by atoms with Gasteiger partial charge >= 0.3 is 6.03 Å². The minimum atomic E-state index is -1.67. The smallest absolute Gasteiger partial charge is 0.318 e. The second-order valence-corrected chi connectivity index (χ2v) is 6.65. The number of carbonyl (C=O) groups excluding carboxylic acids is 1. The number of hydrogen-bond acceptors (Lipinski definition) is 2. The SMILES string of the molecule is Cc1ccccc1N[C@H](NC(=O)N(C)C)C(Cl)(Cl)Cl. The molecule has 2 amide bonds. The summed E-state index contributed by atoms with van der Waals surface area (Å²) in [5, 5.41) is 5.63. The van der Waals surface area contributed by atoms with Gasteiger partial charge in [0.15, 0.2) is 0 Å². The molecule has 106 valence electrons. The average Bonchev–Trinajstić information content (AvgIpc) is 2.29. The fraction of sp³-hybridized carbons (Fsp3) is 0.417. The van der Waals surface area contributed by atoms with Gasteiger partial charge in [-0.1, -0.05) is 53.0 Å². The fourth-order valence-electron chi connectivity index (χ4n) is 1.34. The molecule has 0 spiro atoms. The Kier molecular flexibility index (Phi) is 5.59. The Hall–Kier alpha value is -0.840. The number of carbonyl (C=O) groups is 1. The van der Waals surface area contributed by atoms with E-state index in [4.69, 9.17) is 34.8 Å². The molecular formula is C12H16Cl3N3O. The van der Waals surface area contributed by atoms with Crippen LogP contribution < -0.4 is 10.6 Å². The molecule has 0 aliphatic rings. The van der Waals surface area contributed by atoms with Crippen molar-refractivity contribution in [2.75, 3.05) is 19.4 Å². The summed E-state index contributed by atoms with van der Waals surface area (Å²) in [7, 11) is 3.22. The lowest BCUT2D eigenvalue weighted by atomic mass is 10.2. The summed E-state index contributed by atoms with van der Waals surface area (Å²) in [6.07, 6.45) is -0.839. The van der Waals surface area contributed by atoms with Gasteiger partial charge in [-0.2, -0.15) is 0 Å². The molecule has 0 unspecified atom stereocenters. The Labute approximate surface area is 128 Å². The van der Waals surface area contributed by atoms with Gasteiger partial charge in [0.05, 0.1) is 0 Å². The normalized spacial score (nSPS) is 12.7. The summed E-state index contributed by atoms with van der Waals surface area (Å²) in [4.78, 5) is 13.0. The zero-order chi connectivity index (χ0) is 14.6. The summed E-state index contributed by atoms with van der Waals surface area (Å²) in [5.74, 6) is 0. The highest BCUT2D eigenvalue weighted by Gasteiger charge is 2.34. The number of hydrogen-bond donors (Lipinski definition) is 2. The molecule has 0 saturated heterocycles. The number of para-hydroxylation sites is 1. The predicted molar refractivity (Wildman–Crippen MR) is 81.1 cm³/mol. The van der Waals surface area contributed by atoms with E-state index in [-0.39, 0.29) is 6.03 Å². The van der Waals surface area contributed by atoms with Crippen molar-refractivity contribution in [3.63, 3.8) is 0 Å². The molecule has 0 saturated carbocycles. The lowest BCUT2D eigenvalue weighted by molar-refractivity contribution is 0.214. The van der Waals surface area contributed by atoms with E-state index in [1.807, 2.05) is 31.2 Å². The Bertz CT molecular complexity index is 446. The zero-order valence-corrected chi connectivity index (χ0v) is 13.1. The van der Waals surface area contributed by atoms with E-state index in [9.17, 15) is 4.79 Å². The van der Waals surface area contributed by atoms with Crippen LogP contribution in [0.2, 0.25) is 0 Å². The van der Waals surface area contributed by atoms with E-state index < -0.39 is 9.96 Å². The molecule has 0 fully saturated rings. The largest absolute Gasteiger partial charge is 0.362 e. The van der Waals surface area contributed by atoms with Gasteiger partial charge in [-0.05, 0) is 18.6 Å².